The van der Waals surface area contributed by atoms with Gasteiger partial charge < -0.3 is 23.7 Å². The number of amides is 1. The molecule has 0 aromatic carbocycles. The van der Waals surface area contributed by atoms with Gasteiger partial charge in [0, 0.05) is 37.6 Å². The van der Waals surface area contributed by atoms with Crippen LogP contribution in [0.4, 0.5) is 5.82 Å². The van der Waals surface area contributed by atoms with Crippen molar-refractivity contribution in [3.8, 4) is 5.88 Å². The Labute approximate surface area is 158 Å². The highest BCUT2D eigenvalue weighted by Crippen LogP contribution is 2.34. The number of aryl methyl sites for hydroxylation is 1. The molecule has 1 amide bonds. The number of anilines is 1. The van der Waals surface area contributed by atoms with Crippen molar-refractivity contribution in [1.29, 1.82) is 0 Å². The van der Waals surface area contributed by atoms with Crippen molar-refractivity contribution < 1.29 is 18.7 Å². The number of aromatic nitrogens is 2. The van der Waals surface area contributed by atoms with E-state index in [1.165, 1.54) is 0 Å². The van der Waals surface area contributed by atoms with E-state index in [0.717, 1.165) is 37.3 Å². The largest absolute Gasteiger partial charge is 0.478 e. The van der Waals surface area contributed by atoms with Gasteiger partial charge in [-0.1, -0.05) is 0 Å². The second-order valence-corrected chi connectivity index (χ2v) is 7.07. The predicted octanol–water partition coefficient (Wildman–Crippen LogP) is 1.90. The minimum absolute atomic E-state index is 0.0572. The molecule has 4 heterocycles. The van der Waals surface area contributed by atoms with Crippen LogP contribution in [0, 0.1) is 6.92 Å². The molecule has 0 N–H and O–H groups in total. The molecular weight excluding hydrogens is 348 g/mol. The first-order valence-corrected chi connectivity index (χ1v) is 9.19. The number of piperidine rings is 1. The SMILES string of the molecule is COc1nccnc1N1CCC2(CC1)CN(C(=O)c1occc1C)CCO2. The Kier molecular flexibility index (Phi) is 4.73. The highest BCUT2D eigenvalue weighted by Gasteiger charge is 2.42. The topological polar surface area (TPSA) is 80.9 Å². The van der Waals surface area contributed by atoms with Gasteiger partial charge in [-0.2, -0.15) is 0 Å². The molecule has 8 nitrogen and oxygen atoms in total. The van der Waals surface area contributed by atoms with Gasteiger partial charge in [0.15, 0.2) is 11.6 Å². The van der Waals surface area contributed by atoms with E-state index < -0.39 is 0 Å². The molecule has 2 aromatic rings. The fourth-order valence-electron chi connectivity index (χ4n) is 3.86. The highest BCUT2D eigenvalue weighted by molar-refractivity contribution is 5.93. The van der Waals surface area contributed by atoms with Crippen LogP contribution in [-0.2, 0) is 4.74 Å². The number of carbonyl (C=O) groups excluding carboxylic acids is 1. The Morgan fingerprint density at radius 3 is 2.70 bits per heavy atom. The molecule has 0 saturated carbocycles. The molecule has 8 heteroatoms. The molecule has 0 bridgehead atoms. The maximum atomic E-state index is 12.8. The van der Waals surface area contributed by atoms with Gasteiger partial charge in [0.05, 0.1) is 32.1 Å². The highest BCUT2D eigenvalue weighted by atomic mass is 16.5. The number of carbonyl (C=O) groups is 1. The summed E-state index contributed by atoms with van der Waals surface area (Å²) in [5.74, 6) is 1.65. The van der Waals surface area contributed by atoms with Crippen molar-refractivity contribution in [3.63, 3.8) is 0 Å². The van der Waals surface area contributed by atoms with Crippen LogP contribution >= 0.6 is 0 Å². The smallest absolute Gasteiger partial charge is 0.290 e. The molecule has 0 radical (unpaired) electrons. The van der Waals surface area contributed by atoms with Crippen LogP contribution in [0.3, 0.4) is 0 Å². The summed E-state index contributed by atoms with van der Waals surface area (Å²) in [6.45, 7) is 5.15. The van der Waals surface area contributed by atoms with Crippen LogP contribution in [0.2, 0.25) is 0 Å². The van der Waals surface area contributed by atoms with Gasteiger partial charge in [-0.15, -0.1) is 0 Å². The summed E-state index contributed by atoms with van der Waals surface area (Å²) in [5.41, 5.74) is 0.547. The van der Waals surface area contributed by atoms with Gasteiger partial charge in [-0.05, 0) is 25.8 Å². The van der Waals surface area contributed by atoms with Crippen molar-refractivity contribution in [1.82, 2.24) is 14.9 Å². The molecule has 2 aromatic heterocycles. The Morgan fingerprint density at radius 2 is 2.00 bits per heavy atom. The van der Waals surface area contributed by atoms with Crippen molar-refractivity contribution in [2.45, 2.75) is 25.4 Å². The third kappa shape index (κ3) is 3.37. The lowest BCUT2D eigenvalue weighted by Gasteiger charge is -2.47. The quantitative estimate of drug-likeness (QED) is 0.814. The van der Waals surface area contributed by atoms with Gasteiger partial charge in [-0.25, -0.2) is 9.97 Å². The van der Waals surface area contributed by atoms with Gasteiger partial charge in [0.25, 0.3) is 11.8 Å². The zero-order chi connectivity index (χ0) is 18.9. The van der Waals surface area contributed by atoms with Gasteiger partial charge >= 0.3 is 0 Å². The van der Waals surface area contributed by atoms with Crippen molar-refractivity contribution in [3.05, 3.63) is 36.0 Å². The molecular formula is C19H24N4O4. The number of nitrogens with zero attached hydrogens (tertiary/aromatic N) is 4. The standard InChI is InChI=1S/C19H24N4O4/c1-14-3-11-26-15(14)18(24)23-10-12-27-19(13-23)4-8-22(9-5-19)16-17(25-2)21-7-6-20-16/h3,6-7,11H,4-5,8-10,12-13H2,1-2H3. The number of hydrogen-bond acceptors (Lipinski definition) is 7. The molecule has 2 fully saturated rings. The van der Waals surface area contributed by atoms with Crippen LogP contribution in [0.15, 0.2) is 29.1 Å². The van der Waals surface area contributed by atoms with E-state index in [-0.39, 0.29) is 11.5 Å². The zero-order valence-electron chi connectivity index (χ0n) is 15.7. The van der Waals surface area contributed by atoms with Crippen LogP contribution < -0.4 is 9.64 Å². The van der Waals surface area contributed by atoms with E-state index in [4.69, 9.17) is 13.9 Å². The summed E-state index contributed by atoms with van der Waals surface area (Å²) in [7, 11) is 1.60. The molecule has 0 aliphatic carbocycles. The first-order valence-electron chi connectivity index (χ1n) is 9.19. The molecule has 4 rings (SSSR count). The number of hydrogen-bond donors (Lipinski definition) is 0. The molecule has 2 saturated heterocycles. The number of rotatable bonds is 3. The summed E-state index contributed by atoms with van der Waals surface area (Å²) in [6.07, 6.45) is 6.48. The molecule has 1 spiro atoms. The number of furan rings is 1. The van der Waals surface area contributed by atoms with Gasteiger partial charge in [0.2, 0.25) is 0 Å². The van der Waals surface area contributed by atoms with E-state index >= 15 is 0 Å². The summed E-state index contributed by atoms with van der Waals surface area (Å²) in [5, 5.41) is 0. The van der Waals surface area contributed by atoms with E-state index in [2.05, 4.69) is 14.9 Å². The number of ether oxygens (including phenoxy) is 2. The normalized spacial score (nSPS) is 19.3. The van der Waals surface area contributed by atoms with E-state index in [9.17, 15) is 4.79 Å². The van der Waals surface area contributed by atoms with Crippen LogP contribution in [-0.4, -0.2) is 66.3 Å². The number of morpholine rings is 1. The Morgan fingerprint density at radius 1 is 1.22 bits per heavy atom. The summed E-state index contributed by atoms with van der Waals surface area (Å²) in [6, 6.07) is 1.82. The van der Waals surface area contributed by atoms with Gasteiger partial charge in [-0.3, -0.25) is 4.79 Å². The maximum absolute atomic E-state index is 12.8. The lowest BCUT2D eigenvalue weighted by molar-refractivity contribution is -0.112. The fourth-order valence-corrected chi connectivity index (χ4v) is 3.86. The lowest BCUT2D eigenvalue weighted by Crippen LogP contribution is -2.58. The van der Waals surface area contributed by atoms with Crippen molar-refractivity contribution in [2.75, 3.05) is 44.8 Å². The Balaban J connectivity index is 1.44. The molecule has 27 heavy (non-hydrogen) atoms. The van der Waals surface area contributed by atoms with Crippen LogP contribution in [0.1, 0.15) is 29.0 Å². The molecule has 144 valence electrons. The second-order valence-electron chi connectivity index (χ2n) is 7.07. The molecule has 2 aliphatic rings. The maximum Gasteiger partial charge on any atom is 0.290 e. The van der Waals surface area contributed by atoms with Crippen LogP contribution in [0.5, 0.6) is 5.88 Å². The third-order valence-electron chi connectivity index (χ3n) is 5.41. The average Bonchev–Trinajstić information content (AvgIpc) is 3.14. The fraction of sp³-hybridized carbons (Fsp3) is 0.526. The summed E-state index contributed by atoms with van der Waals surface area (Å²) in [4.78, 5) is 25.5. The van der Waals surface area contributed by atoms with Crippen molar-refractivity contribution in [2.24, 2.45) is 0 Å². The minimum Gasteiger partial charge on any atom is -0.478 e. The van der Waals surface area contributed by atoms with E-state index in [0.29, 0.717) is 31.3 Å². The first kappa shape index (κ1) is 17.8. The second kappa shape index (κ2) is 7.19. The third-order valence-corrected chi connectivity index (χ3v) is 5.41. The summed E-state index contributed by atoms with van der Waals surface area (Å²) < 4.78 is 16.9. The monoisotopic (exact) mass is 372 g/mol. The zero-order valence-corrected chi connectivity index (χ0v) is 15.7. The number of methoxy groups -OCH3 is 1. The average molecular weight is 372 g/mol. The Hall–Kier alpha value is -2.61. The minimum atomic E-state index is -0.319. The molecule has 0 unspecified atom stereocenters. The molecule has 0 atom stereocenters. The Bertz CT molecular complexity index is 814. The summed E-state index contributed by atoms with van der Waals surface area (Å²) >= 11 is 0. The van der Waals surface area contributed by atoms with Gasteiger partial charge in [0.1, 0.15) is 0 Å². The molecule has 2 aliphatic heterocycles. The van der Waals surface area contributed by atoms with E-state index in [1.54, 1.807) is 25.8 Å². The van der Waals surface area contributed by atoms with Crippen LogP contribution in [0.25, 0.3) is 0 Å². The lowest BCUT2D eigenvalue weighted by atomic mass is 9.89. The first-order chi connectivity index (χ1) is 13.1. The van der Waals surface area contributed by atoms with E-state index in [1.807, 2.05) is 17.9 Å². The predicted molar refractivity (Wildman–Crippen MR) is 98.1 cm³/mol. The van der Waals surface area contributed by atoms with Crippen molar-refractivity contribution >= 4 is 11.7 Å².